The Hall–Kier alpha value is -2.16. The molecule has 2 aliphatic heterocycles. The Labute approximate surface area is 158 Å². The van der Waals surface area contributed by atoms with Gasteiger partial charge in [-0.2, -0.15) is 13.2 Å². The van der Waals surface area contributed by atoms with E-state index in [2.05, 4.69) is 16.0 Å². The molecular formula is C18H19F3N4OS. The van der Waals surface area contributed by atoms with Crippen LogP contribution in [-0.4, -0.2) is 40.4 Å². The zero-order valence-corrected chi connectivity index (χ0v) is 15.4. The van der Waals surface area contributed by atoms with E-state index in [1.54, 1.807) is 16.2 Å². The van der Waals surface area contributed by atoms with E-state index in [1.165, 1.54) is 10.4 Å². The summed E-state index contributed by atoms with van der Waals surface area (Å²) in [6.45, 7) is 2.31. The monoisotopic (exact) mass is 396 g/mol. The third-order valence-electron chi connectivity index (χ3n) is 5.16. The van der Waals surface area contributed by atoms with Crippen molar-refractivity contribution in [1.29, 1.82) is 0 Å². The van der Waals surface area contributed by atoms with Gasteiger partial charge in [0.2, 0.25) is 5.91 Å². The lowest BCUT2D eigenvalue weighted by molar-refractivity contribution is -0.141. The van der Waals surface area contributed by atoms with Crippen molar-refractivity contribution < 1.29 is 18.0 Å². The average Bonchev–Trinajstić information content (AvgIpc) is 3.15. The lowest BCUT2D eigenvalue weighted by Gasteiger charge is -2.36. The minimum atomic E-state index is -4.51. The molecule has 0 bridgehead atoms. The molecule has 4 heterocycles. The van der Waals surface area contributed by atoms with Crippen molar-refractivity contribution in [3.05, 3.63) is 40.0 Å². The van der Waals surface area contributed by atoms with Crippen molar-refractivity contribution in [2.24, 2.45) is 5.92 Å². The zero-order chi connectivity index (χ0) is 19.0. The first kappa shape index (κ1) is 18.2. The first-order valence-corrected chi connectivity index (χ1v) is 9.78. The normalized spacial score (nSPS) is 20.5. The number of aromatic nitrogens is 2. The number of piperidine rings is 1. The maximum atomic E-state index is 13.0. The smallest absolute Gasteiger partial charge is 0.356 e. The van der Waals surface area contributed by atoms with Crippen LogP contribution in [0.2, 0.25) is 0 Å². The molecule has 0 spiro atoms. The number of amides is 1. The summed E-state index contributed by atoms with van der Waals surface area (Å²) in [6.07, 6.45) is -1.20. The van der Waals surface area contributed by atoms with Crippen LogP contribution in [0.5, 0.6) is 0 Å². The molecule has 0 radical (unpaired) electrons. The van der Waals surface area contributed by atoms with Gasteiger partial charge in [0.1, 0.15) is 17.8 Å². The molecule has 1 amide bonds. The van der Waals surface area contributed by atoms with E-state index in [9.17, 15) is 18.0 Å². The number of carbonyl (C=O) groups is 1. The molecule has 0 N–H and O–H groups in total. The highest BCUT2D eigenvalue weighted by atomic mass is 32.1. The van der Waals surface area contributed by atoms with E-state index in [1.807, 2.05) is 10.3 Å². The maximum Gasteiger partial charge on any atom is 0.433 e. The molecule has 0 saturated carbocycles. The summed E-state index contributed by atoms with van der Waals surface area (Å²) in [5.41, 5.74) is 0.250. The van der Waals surface area contributed by atoms with Gasteiger partial charge in [0, 0.05) is 37.1 Å². The van der Waals surface area contributed by atoms with Gasteiger partial charge in [-0.15, -0.1) is 11.3 Å². The fourth-order valence-electron chi connectivity index (χ4n) is 3.76. The number of hydrogen-bond acceptors (Lipinski definition) is 5. The third-order valence-corrected chi connectivity index (χ3v) is 6.18. The summed E-state index contributed by atoms with van der Waals surface area (Å²) < 4.78 is 38.7. The Kier molecular flexibility index (Phi) is 4.79. The second-order valence-corrected chi connectivity index (χ2v) is 7.92. The highest BCUT2D eigenvalue weighted by Gasteiger charge is 2.35. The lowest BCUT2D eigenvalue weighted by Crippen LogP contribution is -2.46. The van der Waals surface area contributed by atoms with Crippen molar-refractivity contribution in [3.8, 4) is 0 Å². The number of anilines is 1. The number of alkyl halides is 3. The van der Waals surface area contributed by atoms with Crippen LogP contribution >= 0.6 is 11.3 Å². The topological polar surface area (TPSA) is 49.3 Å². The number of halogens is 3. The van der Waals surface area contributed by atoms with Gasteiger partial charge in [-0.25, -0.2) is 9.97 Å². The molecule has 1 saturated heterocycles. The summed E-state index contributed by atoms with van der Waals surface area (Å²) in [6, 6.07) is 3.03. The Morgan fingerprint density at radius 2 is 2.11 bits per heavy atom. The zero-order valence-electron chi connectivity index (χ0n) is 14.6. The predicted molar refractivity (Wildman–Crippen MR) is 95.4 cm³/mol. The van der Waals surface area contributed by atoms with E-state index < -0.39 is 11.9 Å². The van der Waals surface area contributed by atoms with Gasteiger partial charge in [-0.3, -0.25) is 4.79 Å². The summed E-state index contributed by atoms with van der Waals surface area (Å²) >= 11 is 1.72. The van der Waals surface area contributed by atoms with Gasteiger partial charge in [0.15, 0.2) is 0 Å². The van der Waals surface area contributed by atoms with E-state index in [0.717, 1.165) is 31.7 Å². The molecule has 2 aromatic heterocycles. The molecule has 1 atom stereocenters. The molecule has 5 nitrogen and oxygen atoms in total. The molecular weight excluding hydrogens is 377 g/mol. The Morgan fingerprint density at radius 1 is 1.26 bits per heavy atom. The van der Waals surface area contributed by atoms with Crippen LogP contribution < -0.4 is 4.90 Å². The number of nitrogens with zero attached hydrogens (tertiary/aromatic N) is 4. The second kappa shape index (κ2) is 7.10. The van der Waals surface area contributed by atoms with Crippen LogP contribution in [-0.2, 0) is 23.9 Å². The molecule has 1 fully saturated rings. The van der Waals surface area contributed by atoms with Crippen molar-refractivity contribution in [2.75, 3.05) is 24.5 Å². The van der Waals surface area contributed by atoms with Gasteiger partial charge in [0.05, 0.1) is 5.92 Å². The quantitative estimate of drug-likeness (QED) is 0.781. The van der Waals surface area contributed by atoms with Crippen molar-refractivity contribution in [1.82, 2.24) is 14.9 Å². The van der Waals surface area contributed by atoms with Crippen molar-refractivity contribution in [2.45, 2.75) is 32.0 Å². The first-order chi connectivity index (χ1) is 12.9. The number of hydrogen-bond donors (Lipinski definition) is 0. The van der Waals surface area contributed by atoms with Gasteiger partial charge in [-0.1, -0.05) is 0 Å². The van der Waals surface area contributed by atoms with Gasteiger partial charge in [-0.05, 0) is 36.3 Å². The number of thiophene rings is 1. The molecule has 1 unspecified atom stereocenters. The van der Waals surface area contributed by atoms with Crippen LogP contribution in [0.4, 0.5) is 19.0 Å². The number of carbonyl (C=O) groups excluding carboxylic acids is 1. The van der Waals surface area contributed by atoms with Gasteiger partial charge in [0.25, 0.3) is 0 Å². The van der Waals surface area contributed by atoms with E-state index >= 15 is 0 Å². The average molecular weight is 396 g/mol. The molecule has 9 heteroatoms. The van der Waals surface area contributed by atoms with Crippen LogP contribution in [0.3, 0.4) is 0 Å². The van der Waals surface area contributed by atoms with E-state index in [4.69, 9.17) is 0 Å². The predicted octanol–water partition coefficient (Wildman–Crippen LogP) is 3.36. The highest BCUT2D eigenvalue weighted by molar-refractivity contribution is 7.10. The summed E-state index contributed by atoms with van der Waals surface area (Å²) in [7, 11) is 0. The largest absolute Gasteiger partial charge is 0.433 e. The molecule has 27 heavy (non-hydrogen) atoms. The maximum absolute atomic E-state index is 13.0. The van der Waals surface area contributed by atoms with Crippen LogP contribution in [0, 0.1) is 5.92 Å². The summed E-state index contributed by atoms with van der Waals surface area (Å²) in [4.78, 5) is 25.3. The van der Waals surface area contributed by atoms with Crippen LogP contribution in [0.15, 0.2) is 23.8 Å². The lowest BCUT2D eigenvalue weighted by atomic mass is 9.95. The first-order valence-electron chi connectivity index (χ1n) is 8.90. The minimum Gasteiger partial charge on any atom is -0.356 e. The standard InChI is InChI=1S/C18H19F3N4OS/c19-18(20,21)15-8-16(23-11-22-15)24-5-1-2-13(10-24)17(26)25-6-3-14-12(9-25)4-7-27-14/h4,7-8,11,13H,1-3,5-6,9-10H2. The van der Waals surface area contributed by atoms with Crippen molar-refractivity contribution in [3.63, 3.8) is 0 Å². The molecule has 144 valence electrons. The molecule has 0 aliphatic carbocycles. The number of rotatable bonds is 2. The van der Waals surface area contributed by atoms with Gasteiger partial charge >= 0.3 is 6.18 Å². The Morgan fingerprint density at radius 3 is 2.93 bits per heavy atom. The fourth-order valence-corrected chi connectivity index (χ4v) is 4.65. The Balaban J connectivity index is 1.46. The number of fused-ring (bicyclic) bond motifs is 1. The summed E-state index contributed by atoms with van der Waals surface area (Å²) in [5.74, 6) is 0.0958. The highest BCUT2D eigenvalue weighted by Crippen LogP contribution is 2.31. The fraction of sp³-hybridized carbons (Fsp3) is 0.500. The molecule has 2 aromatic rings. The SMILES string of the molecule is O=C(C1CCCN(c2cc(C(F)(F)F)ncn2)C1)N1CCc2sccc2C1. The molecule has 2 aliphatic rings. The van der Waals surface area contributed by atoms with E-state index in [0.29, 0.717) is 26.2 Å². The minimum absolute atomic E-state index is 0.0849. The second-order valence-electron chi connectivity index (χ2n) is 6.92. The summed E-state index contributed by atoms with van der Waals surface area (Å²) in [5, 5.41) is 2.05. The third kappa shape index (κ3) is 3.78. The molecule has 0 aromatic carbocycles. The van der Waals surface area contributed by atoms with E-state index in [-0.39, 0.29) is 17.6 Å². The van der Waals surface area contributed by atoms with Crippen LogP contribution in [0.25, 0.3) is 0 Å². The van der Waals surface area contributed by atoms with Crippen molar-refractivity contribution >= 4 is 23.1 Å². The Bertz CT molecular complexity index is 838. The van der Waals surface area contributed by atoms with Gasteiger partial charge < -0.3 is 9.80 Å². The van der Waals surface area contributed by atoms with Crippen LogP contribution in [0.1, 0.15) is 29.0 Å². The molecule has 4 rings (SSSR count).